The minimum atomic E-state index is -1.08. The van der Waals surface area contributed by atoms with Crippen molar-refractivity contribution in [3.8, 4) is 11.5 Å². The molecule has 3 aromatic carbocycles. The van der Waals surface area contributed by atoms with Gasteiger partial charge in [0.15, 0.2) is 28.1 Å². The van der Waals surface area contributed by atoms with Gasteiger partial charge in [0.1, 0.15) is 11.4 Å². The molecule has 214 valence electrons. The number of ether oxygens (including phenoxy) is 2. The Morgan fingerprint density at radius 1 is 1.12 bits per heavy atom. The van der Waals surface area contributed by atoms with E-state index < -0.39 is 29.3 Å². The predicted molar refractivity (Wildman–Crippen MR) is 158 cm³/mol. The summed E-state index contributed by atoms with van der Waals surface area (Å²) in [4.78, 5) is 33.4. The third-order valence-electron chi connectivity index (χ3n) is 7.10. The molecule has 1 unspecified atom stereocenters. The molecule has 5 aromatic rings. The van der Waals surface area contributed by atoms with Crippen molar-refractivity contribution in [2.24, 2.45) is 5.92 Å². The third kappa shape index (κ3) is 4.87. The number of methoxy groups -OCH3 is 1. The van der Waals surface area contributed by atoms with Crippen molar-refractivity contribution in [1.29, 1.82) is 0 Å². The van der Waals surface area contributed by atoms with Gasteiger partial charge in [-0.1, -0.05) is 49.4 Å². The summed E-state index contributed by atoms with van der Waals surface area (Å²) in [7, 11) is 1.50. The number of halogens is 1. The third-order valence-corrected chi connectivity index (χ3v) is 8.12. The first-order valence-electron chi connectivity index (χ1n) is 13.4. The van der Waals surface area contributed by atoms with Gasteiger partial charge in [0, 0.05) is 5.39 Å². The Hall–Kier alpha value is -4.70. The van der Waals surface area contributed by atoms with Gasteiger partial charge in [-0.3, -0.25) is 14.5 Å². The number of anilines is 1. The molecule has 0 bridgehead atoms. The summed E-state index contributed by atoms with van der Waals surface area (Å²) < 4.78 is 31.9. The second-order valence-corrected chi connectivity index (χ2v) is 11.4. The number of para-hydroxylation sites is 1. The number of Topliss-reactive ketones (excluding diaryl/α,β-unsaturated/α-hetero) is 1. The van der Waals surface area contributed by atoms with Gasteiger partial charge in [-0.05, 0) is 60.4 Å². The van der Waals surface area contributed by atoms with Crippen LogP contribution in [0.2, 0.25) is 0 Å². The highest BCUT2D eigenvalue weighted by Gasteiger charge is 2.47. The van der Waals surface area contributed by atoms with Crippen LogP contribution in [0.4, 0.5) is 9.52 Å². The molecule has 0 aliphatic carbocycles. The number of hydrogen-bond donors (Lipinski definition) is 1. The number of furan rings is 1. The van der Waals surface area contributed by atoms with Crippen molar-refractivity contribution in [2.45, 2.75) is 26.3 Å². The summed E-state index contributed by atoms with van der Waals surface area (Å²) in [6.45, 7) is 4.69. The molecular weight excluding hydrogens is 559 g/mol. The lowest BCUT2D eigenvalue weighted by atomic mass is 9.95. The summed E-state index contributed by atoms with van der Waals surface area (Å²) in [5, 5.41) is 12.1. The smallest absolute Gasteiger partial charge is 0.296 e. The molecule has 1 atom stereocenters. The van der Waals surface area contributed by atoms with Gasteiger partial charge in [-0.25, -0.2) is 9.37 Å². The average molecular weight is 587 g/mol. The molecule has 0 spiro atoms. The number of ketones is 1. The van der Waals surface area contributed by atoms with Crippen molar-refractivity contribution >= 4 is 49.3 Å². The maximum Gasteiger partial charge on any atom is 0.296 e. The Kier molecular flexibility index (Phi) is 7.16. The van der Waals surface area contributed by atoms with Crippen LogP contribution in [0.25, 0.3) is 21.2 Å². The van der Waals surface area contributed by atoms with Crippen LogP contribution in [-0.2, 0) is 4.79 Å². The molecule has 0 fully saturated rings. The predicted octanol–water partition coefficient (Wildman–Crippen LogP) is 7.40. The second-order valence-electron chi connectivity index (χ2n) is 10.4. The molecule has 10 heteroatoms. The van der Waals surface area contributed by atoms with E-state index in [1.807, 2.05) is 6.07 Å². The summed E-state index contributed by atoms with van der Waals surface area (Å²) in [5.41, 5.74) is 1.28. The maximum absolute atomic E-state index is 14.0. The normalized spacial score (nSPS) is 15.4. The van der Waals surface area contributed by atoms with E-state index in [2.05, 4.69) is 18.8 Å². The lowest BCUT2D eigenvalue weighted by molar-refractivity contribution is -0.117. The molecule has 0 saturated carbocycles. The van der Waals surface area contributed by atoms with E-state index in [-0.39, 0.29) is 16.5 Å². The zero-order valence-electron chi connectivity index (χ0n) is 23.1. The molecule has 1 aliphatic heterocycles. The SMILES string of the molecule is COc1cc(C2C(C(=O)c3cc4ccccc4o3)=C(O)C(=O)N2c2nc3ccc(F)cc3s2)ccc1OCCC(C)C. The first-order chi connectivity index (χ1) is 20.2. The fourth-order valence-corrected chi connectivity index (χ4v) is 5.96. The van der Waals surface area contributed by atoms with Gasteiger partial charge in [0.2, 0.25) is 5.78 Å². The summed E-state index contributed by atoms with van der Waals surface area (Å²) >= 11 is 1.08. The number of nitrogens with zero attached hydrogens (tertiary/aromatic N) is 2. The molecule has 0 radical (unpaired) electrons. The molecule has 6 rings (SSSR count). The van der Waals surface area contributed by atoms with Crippen LogP contribution in [-0.4, -0.2) is 35.5 Å². The molecule has 1 amide bonds. The lowest BCUT2D eigenvalue weighted by Gasteiger charge is -2.25. The molecule has 42 heavy (non-hydrogen) atoms. The van der Waals surface area contributed by atoms with Gasteiger partial charge in [-0.2, -0.15) is 0 Å². The number of fused-ring (bicyclic) bond motifs is 2. The molecule has 1 N–H and O–H groups in total. The maximum atomic E-state index is 14.0. The Morgan fingerprint density at radius 3 is 2.69 bits per heavy atom. The Balaban J connectivity index is 1.47. The minimum Gasteiger partial charge on any atom is -0.503 e. The van der Waals surface area contributed by atoms with Crippen molar-refractivity contribution in [2.75, 3.05) is 18.6 Å². The van der Waals surface area contributed by atoms with E-state index in [9.17, 15) is 19.1 Å². The second kappa shape index (κ2) is 10.9. The van der Waals surface area contributed by atoms with Crippen LogP contribution >= 0.6 is 11.3 Å². The van der Waals surface area contributed by atoms with Gasteiger partial charge < -0.3 is 19.0 Å². The summed E-state index contributed by atoms with van der Waals surface area (Å²) in [6.07, 6.45) is 0.848. The van der Waals surface area contributed by atoms with Gasteiger partial charge in [0.25, 0.3) is 5.91 Å². The number of benzene rings is 3. The molecule has 8 nitrogen and oxygen atoms in total. The van der Waals surface area contributed by atoms with E-state index in [0.29, 0.717) is 50.8 Å². The Bertz CT molecular complexity index is 1840. The lowest BCUT2D eigenvalue weighted by Crippen LogP contribution is -2.31. The number of carbonyl (C=O) groups is 2. The van der Waals surface area contributed by atoms with Crippen LogP contribution in [0.1, 0.15) is 42.4 Å². The monoisotopic (exact) mass is 586 g/mol. The quantitative estimate of drug-likeness (QED) is 0.180. The zero-order valence-corrected chi connectivity index (χ0v) is 23.9. The number of aliphatic hydroxyl groups excluding tert-OH is 1. The number of aliphatic hydroxyl groups is 1. The topological polar surface area (TPSA) is 102 Å². The Morgan fingerprint density at radius 2 is 1.93 bits per heavy atom. The highest BCUT2D eigenvalue weighted by Crippen LogP contribution is 2.46. The van der Waals surface area contributed by atoms with Crippen molar-refractivity contribution in [3.05, 3.63) is 95.2 Å². The first kappa shape index (κ1) is 27.5. The fourth-order valence-electron chi connectivity index (χ4n) is 4.94. The van der Waals surface area contributed by atoms with E-state index >= 15 is 0 Å². The molecular formula is C32H27FN2O6S. The highest BCUT2D eigenvalue weighted by molar-refractivity contribution is 7.22. The van der Waals surface area contributed by atoms with E-state index in [0.717, 1.165) is 17.8 Å². The van der Waals surface area contributed by atoms with Gasteiger partial charge >= 0.3 is 0 Å². The number of rotatable bonds is 9. The van der Waals surface area contributed by atoms with E-state index in [1.54, 1.807) is 42.5 Å². The van der Waals surface area contributed by atoms with E-state index in [4.69, 9.17) is 13.9 Å². The molecule has 1 aliphatic rings. The molecule has 2 aromatic heterocycles. The standard InChI is InChI=1S/C32H27FN2O6S/c1-17(2)12-13-40-23-11-8-19(15-24(23)39-3)28-27(29(36)25-14-18-6-4-5-7-22(18)41-25)30(37)31(38)35(28)32-34-21-10-9-20(33)16-26(21)42-32/h4-11,14-17,28,37H,12-13H2,1-3H3. The van der Waals surface area contributed by atoms with Crippen LogP contribution in [0.15, 0.2) is 82.5 Å². The van der Waals surface area contributed by atoms with Gasteiger partial charge in [0.05, 0.1) is 35.5 Å². The molecule has 0 saturated heterocycles. The van der Waals surface area contributed by atoms with E-state index in [1.165, 1.54) is 30.2 Å². The Labute approximate surface area is 244 Å². The molecule has 3 heterocycles. The van der Waals surface area contributed by atoms with Crippen molar-refractivity contribution in [3.63, 3.8) is 0 Å². The van der Waals surface area contributed by atoms with Crippen molar-refractivity contribution < 1.29 is 33.0 Å². The zero-order chi connectivity index (χ0) is 29.5. The highest BCUT2D eigenvalue weighted by atomic mass is 32.1. The first-order valence-corrected chi connectivity index (χ1v) is 14.2. The largest absolute Gasteiger partial charge is 0.503 e. The van der Waals surface area contributed by atoms with Crippen LogP contribution in [0.3, 0.4) is 0 Å². The fraction of sp³-hybridized carbons (Fsp3) is 0.219. The minimum absolute atomic E-state index is 0.0237. The average Bonchev–Trinajstić information content (AvgIpc) is 3.66. The van der Waals surface area contributed by atoms with Gasteiger partial charge in [-0.15, -0.1) is 0 Å². The number of hydrogen-bond acceptors (Lipinski definition) is 8. The summed E-state index contributed by atoms with van der Waals surface area (Å²) in [6, 6.07) is 16.9. The number of amides is 1. The van der Waals surface area contributed by atoms with Crippen molar-refractivity contribution in [1.82, 2.24) is 4.98 Å². The number of thiazole rings is 1. The van der Waals surface area contributed by atoms with Crippen LogP contribution in [0, 0.1) is 11.7 Å². The summed E-state index contributed by atoms with van der Waals surface area (Å²) in [5.74, 6) is -1.28. The van der Waals surface area contributed by atoms with Crippen LogP contribution in [0.5, 0.6) is 11.5 Å². The van der Waals surface area contributed by atoms with Crippen LogP contribution < -0.4 is 14.4 Å². The number of carbonyl (C=O) groups excluding carboxylic acids is 2. The number of aromatic nitrogens is 1.